The summed E-state index contributed by atoms with van der Waals surface area (Å²) in [6.07, 6.45) is 6.26. The molecule has 1 aromatic heterocycles. The third-order valence-corrected chi connectivity index (χ3v) is 3.00. The molecular weight excluding hydrogens is 192 g/mol. The maximum absolute atomic E-state index is 5.59. The summed E-state index contributed by atoms with van der Waals surface area (Å²) in [4.78, 5) is 4.31. The van der Waals surface area contributed by atoms with Crippen LogP contribution < -0.4 is 11.3 Å². The van der Waals surface area contributed by atoms with Crippen LogP contribution in [0.5, 0.6) is 0 Å². The molecule has 0 radical (unpaired) electrons. The first-order valence-electron chi connectivity index (χ1n) is 5.24. The van der Waals surface area contributed by atoms with Gasteiger partial charge < -0.3 is 9.30 Å². The molecule has 0 bridgehead atoms. The van der Waals surface area contributed by atoms with Crippen LogP contribution in [0.25, 0.3) is 0 Å². The zero-order valence-corrected chi connectivity index (χ0v) is 9.18. The molecule has 3 N–H and O–H groups in total. The number of hydrogen-bond donors (Lipinski definition) is 2. The summed E-state index contributed by atoms with van der Waals surface area (Å²) in [6, 6.07) is -0.0255. The summed E-state index contributed by atoms with van der Waals surface area (Å²) in [5, 5.41) is 0. The highest BCUT2D eigenvalue weighted by Gasteiger charge is 2.38. The molecule has 1 aliphatic rings. The fourth-order valence-electron chi connectivity index (χ4n) is 2.02. The number of nitrogens with zero attached hydrogens (tertiary/aromatic N) is 2. The van der Waals surface area contributed by atoms with E-state index in [1.165, 1.54) is 12.8 Å². The third-order valence-electron chi connectivity index (χ3n) is 3.00. The second-order valence-corrected chi connectivity index (χ2v) is 4.08. The van der Waals surface area contributed by atoms with E-state index in [2.05, 4.69) is 10.4 Å². The van der Waals surface area contributed by atoms with Crippen molar-refractivity contribution < 1.29 is 4.74 Å². The van der Waals surface area contributed by atoms with Gasteiger partial charge in [-0.15, -0.1) is 0 Å². The number of ether oxygens (including phenoxy) is 1. The summed E-state index contributed by atoms with van der Waals surface area (Å²) in [5.41, 5.74) is 2.81. The van der Waals surface area contributed by atoms with E-state index in [1.54, 1.807) is 13.3 Å². The lowest BCUT2D eigenvalue weighted by atomic mass is 10.1. The van der Waals surface area contributed by atoms with Crippen molar-refractivity contribution in [2.24, 2.45) is 18.8 Å². The van der Waals surface area contributed by atoms with Gasteiger partial charge in [0.15, 0.2) is 0 Å². The minimum absolute atomic E-state index is 0.0255. The minimum atomic E-state index is -0.0255. The first kappa shape index (κ1) is 10.6. The van der Waals surface area contributed by atoms with Crippen LogP contribution in [0.15, 0.2) is 12.4 Å². The predicted octanol–water partition coefficient (Wildman–Crippen LogP) is 0.349. The van der Waals surface area contributed by atoms with Gasteiger partial charge in [0.2, 0.25) is 0 Å². The Hall–Kier alpha value is -0.910. The number of imidazole rings is 1. The van der Waals surface area contributed by atoms with E-state index in [1.807, 2.05) is 17.8 Å². The van der Waals surface area contributed by atoms with Crippen molar-refractivity contribution in [3.05, 3.63) is 18.2 Å². The molecule has 2 unspecified atom stereocenters. The Morgan fingerprint density at radius 1 is 1.67 bits per heavy atom. The summed E-state index contributed by atoms with van der Waals surface area (Å²) >= 11 is 0. The van der Waals surface area contributed by atoms with E-state index in [0.29, 0.717) is 5.92 Å². The van der Waals surface area contributed by atoms with E-state index in [9.17, 15) is 0 Å². The van der Waals surface area contributed by atoms with E-state index >= 15 is 0 Å². The standard InChI is InChI=1S/C10H18N4O/c1-14-6-5-12-10(14)8(13-11)9(15-2)7-3-4-7/h5-9,13H,3-4,11H2,1-2H3. The Morgan fingerprint density at radius 3 is 2.80 bits per heavy atom. The second kappa shape index (κ2) is 4.30. The van der Waals surface area contributed by atoms with Crippen LogP contribution >= 0.6 is 0 Å². The molecule has 1 aromatic rings. The van der Waals surface area contributed by atoms with Gasteiger partial charge in [0.25, 0.3) is 0 Å². The van der Waals surface area contributed by atoms with Crippen LogP contribution in [0.1, 0.15) is 24.7 Å². The normalized spacial score (nSPS) is 20.2. The fourth-order valence-corrected chi connectivity index (χ4v) is 2.02. The number of aromatic nitrogens is 2. The highest BCUT2D eigenvalue weighted by Crippen LogP contribution is 2.39. The topological polar surface area (TPSA) is 65.1 Å². The van der Waals surface area contributed by atoms with Gasteiger partial charge in [0.1, 0.15) is 11.9 Å². The van der Waals surface area contributed by atoms with Gasteiger partial charge in [-0.3, -0.25) is 5.84 Å². The molecule has 1 aliphatic carbocycles. The molecule has 2 atom stereocenters. The highest BCUT2D eigenvalue weighted by atomic mass is 16.5. The number of nitrogens with one attached hydrogen (secondary N) is 1. The van der Waals surface area contributed by atoms with Gasteiger partial charge in [-0.05, 0) is 18.8 Å². The Labute approximate surface area is 89.6 Å². The quantitative estimate of drug-likeness (QED) is 0.543. The van der Waals surface area contributed by atoms with Crippen molar-refractivity contribution in [2.75, 3.05) is 7.11 Å². The second-order valence-electron chi connectivity index (χ2n) is 4.08. The number of aryl methyl sites for hydroxylation is 1. The average Bonchev–Trinajstić information content (AvgIpc) is 2.99. The number of hydrogen-bond acceptors (Lipinski definition) is 4. The van der Waals surface area contributed by atoms with Crippen LogP contribution in [0.4, 0.5) is 0 Å². The lowest BCUT2D eigenvalue weighted by molar-refractivity contribution is 0.0472. The molecule has 0 amide bonds. The van der Waals surface area contributed by atoms with Crippen LogP contribution in [0.2, 0.25) is 0 Å². The summed E-state index contributed by atoms with van der Waals surface area (Å²) < 4.78 is 7.48. The summed E-state index contributed by atoms with van der Waals surface area (Å²) in [6.45, 7) is 0. The highest BCUT2D eigenvalue weighted by molar-refractivity contribution is 5.04. The first-order valence-corrected chi connectivity index (χ1v) is 5.24. The molecule has 1 saturated carbocycles. The average molecular weight is 210 g/mol. The Kier molecular flexibility index (Phi) is 3.04. The van der Waals surface area contributed by atoms with Crippen molar-refractivity contribution in [1.29, 1.82) is 0 Å². The van der Waals surface area contributed by atoms with Crippen LogP contribution in [0, 0.1) is 5.92 Å². The summed E-state index contributed by atoms with van der Waals surface area (Å²) in [5.74, 6) is 7.14. The van der Waals surface area contributed by atoms with E-state index in [4.69, 9.17) is 10.6 Å². The molecule has 0 saturated heterocycles. The van der Waals surface area contributed by atoms with Gasteiger partial charge in [-0.2, -0.15) is 0 Å². The van der Waals surface area contributed by atoms with Crippen molar-refractivity contribution in [2.45, 2.75) is 25.0 Å². The van der Waals surface area contributed by atoms with Crippen molar-refractivity contribution >= 4 is 0 Å². The molecular formula is C10H18N4O. The van der Waals surface area contributed by atoms with Crippen LogP contribution in [0.3, 0.4) is 0 Å². The molecule has 2 rings (SSSR count). The van der Waals surface area contributed by atoms with Gasteiger partial charge in [-0.1, -0.05) is 0 Å². The minimum Gasteiger partial charge on any atom is -0.379 e. The van der Waals surface area contributed by atoms with Gasteiger partial charge in [0.05, 0.1) is 6.10 Å². The number of methoxy groups -OCH3 is 1. The van der Waals surface area contributed by atoms with Gasteiger partial charge >= 0.3 is 0 Å². The van der Waals surface area contributed by atoms with Crippen LogP contribution in [-0.2, 0) is 11.8 Å². The predicted molar refractivity (Wildman–Crippen MR) is 56.8 cm³/mol. The van der Waals surface area contributed by atoms with E-state index < -0.39 is 0 Å². The SMILES string of the molecule is COC(C1CC1)C(NN)c1nccn1C. The first-order chi connectivity index (χ1) is 7.27. The molecule has 15 heavy (non-hydrogen) atoms. The maximum atomic E-state index is 5.59. The van der Waals surface area contributed by atoms with Crippen molar-refractivity contribution in [3.8, 4) is 0 Å². The van der Waals surface area contributed by atoms with E-state index in [-0.39, 0.29) is 12.1 Å². The third kappa shape index (κ3) is 2.04. The maximum Gasteiger partial charge on any atom is 0.129 e. The number of nitrogens with two attached hydrogens (primary N) is 1. The molecule has 0 aliphatic heterocycles. The molecule has 1 fully saturated rings. The van der Waals surface area contributed by atoms with Gasteiger partial charge in [-0.25, -0.2) is 10.4 Å². The monoisotopic (exact) mass is 210 g/mol. The van der Waals surface area contributed by atoms with Crippen molar-refractivity contribution in [1.82, 2.24) is 15.0 Å². The fraction of sp³-hybridized carbons (Fsp3) is 0.700. The van der Waals surface area contributed by atoms with Crippen molar-refractivity contribution in [3.63, 3.8) is 0 Å². The molecule has 0 spiro atoms. The summed E-state index contributed by atoms with van der Waals surface area (Å²) in [7, 11) is 3.70. The van der Waals surface area contributed by atoms with Crippen LogP contribution in [-0.4, -0.2) is 22.8 Å². The Morgan fingerprint density at radius 2 is 2.40 bits per heavy atom. The number of hydrazine groups is 1. The molecule has 0 aromatic carbocycles. The molecule has 5 heteroatoms. The Bertz CT molecular complexity index is 321. The van der Waals surface area contributed by atoms with E-state index in [0.717, 1.165) is 5.82 Å². The zero-order chi connectivity index (χ0) is 10.8. The molecule has 1 heterocycles. The smallest absolute Gasteiger partial charge is 0.129 e. The zero-order valence-electron chi connectivity index (χ0n) is 9.18. The molecule has 84 valence electrons. The Balaban J connectivity index is 2.18. The lowest BCUT2D eigenvalue weighted by Crippen LogP contribution is -2.40. The van der Waals surface area contributed by atoms with Gasteiger partial charge in [0, 0.05) is 26.6 Å². The number of rotatable bonds is 5. The molecule has 5 nitrogen and oxygen atoms in total. The lowest BCUT2D eigenvalue weighted by Gasteiger charge is -2.24. The largest absolute Gasteiger partial charge is 0.379 e.